The second kappa shape index (κ2) is 4.47. The topological polar surface area (TPSA) is 27.7 Å². The lowest BCUT2D eigenvalue weighted by Crippen LogP contribution is -1.81. The molecule has 0 spiro atoms. The molecule has 44 valence electrons. The van der Waals surface area contributed by atoms with Crippen molar-refractivity contribution < 1.29 is 13.6 Å². The zero-order valence-electron chi connectivity index (χ0n) is 4.67. The maximum atomic E-state index is 4.67. The molecule has 0 aromatic rings. The Kier molecular flexibility index (Phi) is 4.67. The molecule has 0 aliphatic carbocycles. The SMILES string of the molecule is C[17O]P([17O]C)[17O]C. The first-order valence-corrected chi connectivity index (χ1v) is 2.87. The van der Waals surface area contributed by atoms with Gasteiger partial charge in [-0.15, -0.1) is 0 Å². The molecule has 0 atom stereocenters. The van der Waals surface area contributed by atoms with Crippen LogP contribution in [-0.4, -0.2) is 21.3 Å². The van der Waals surface area contributed by atoms with Crippen molar-refractivity contribution in [2.75, 3.05) is 21.3 Å². The summed E-state index contributed by atoms with van der Waals surface area (Å²) in [6.07, 6.45) is 0. The zero-order valence-corrected chi connectivity index (χ0v) is 5.57. The average molecular weight is 127 g/mol. The van der Waals surface area contributed by atoms with Crippen molar-refractivity contribution in [2.45, 2.75) is 0 Å². The number of hydrogen-bond donors (Lipinski definition) is 0. The second-order valence-electron chi connectivity index (χ2n) is 0.771. The van der Waals surface area contributed by atoms with E-state index in [2.05, 4.69) is 13.6 Å². The Morgan fingerprint density at radius 2 is 1.14 bits per heavy atom. The van der Waals surface area contributed by atoms with E-state index in [1.807, 2.05) is 0 Å². The third kappa shape index (κ3) is 2.94. The van der Waals surface area contributed by atoms with Crippen LogP contribution in [0.4, 0.5) is 0 Å². The van der Waals surface area contributed by atoms with E-state index < -0.39 is 8.60 Å². The van der Waals surface area contributed by atoms with Crippen molar-refractivity contribution in [3.8, 4) is 0 Å². The fourth-order valence-corrected chi connectivity index (χ4v) is 0.671. The van der Waals surface area contributed by atoms with Crippen molar-refractivity contribution in [2.24, 2.45) is 0 Å². The number of rotatable bonds is 3. The van der Waals surface area contributed by atoms with Crippen LogP contribution < -0.4 is 0 Å². The summed E-state index contributed by atoms with van der Waals surface area (Å²) in [6, 6.07) is 0. The Bertz CT molecular complexity index is 31.7. The Balaban J connectivity index is 2.99. The summed E-state index contributed by atoms with van der Waals surface area (Å²) in [5.41, 5.74) is 0. The number of hydrogen-bond acceptors (Lipinski definition) is 3. The van der Waals surface area contributed by atoms with E-state index in [4.69, 9.17) is 0 Å². The van der Waals surface area contributed by atoms with Crippen LogP contribution in [-0.2, 0) is 13.6 Å². The fourth-order valence-electron chi connectivity index (χ4n) is 0.224. The maximum Gasteiger partial charge on any atom is 0.331 e. The van der Waals surface area contributed by atoms with Gasteiger partial charge in [-0.25, -0.2) is 0 Å². The van der Waals surface area contributed by atoms with Crippen molar-refractivity contribution in [3.05, 3.63) is 0 Å². The third-order valence-corrected chi connectivity index (χ3v) is 1.34. The van der Waals surface area contributed by atoms with Crippen LogP contribution in [0.25, 0.3) is 0 Å². The first kappa shape index (κ1) is 7.31. The molecule has 0 aromatic carbocycles. The van der Waals surface area contributed by atoms with E-state index in [0.717, 1.165) is 0 Å². The van der Waals surface area contributed by atoms with Gasteiger partial charge in [0.25, 0.3) is 0 Å². The Hall–Kier alpha value is 0.310. The smallest absolute Gasteiger partial charge is 0.316 e. The standard InChI is InChI=1S/C3H9O3P/c1-4-7(5-2)6-3/h1-3H3/i4+1,5+1,6+1. The summed E-state index contributed by atoms with van der Waals surface area (Å²) in [5.74, 6) is 0. The largest absolute Gasteiger partial charge is 0.331 e. The molecule has 0 unspecified atom stereocenters. The Labute approximate surface area is 44.6 Å². The van der Waals surface area contributed by atoms with Crippen LogP contribution in [0.3, 0.4) is 0 Å². The average Bonchev–Trinajstić information content (AvgIpc) is 1.72. The van der Waals surface area contributed by atoms with Gasteiger partial charge in [0.05, 0.1) is 0 Å². The van der Waals surface area contributed by atoms with Gasteiger partial charge in [-0.3, -0.25) is 0 Å². The Morgan fingerprint density at radius 3 is 1.14 bits per heavy atom. The predicted octanol–water partition coefficient (Wildman–Crippen LogP) is 1.15. The molecule has 0 saturated heterocycles. The van der Waals surface area contributed by atoms with Gasteiger partial charge < -0.3 is 13.6 Å². The summed E-state index contributed by atoms with van der Waals surface area (Å²) >= 11 is 0. The van der Waals surface area contributed by atoms with E-state index >= 15 is 0 Å². The maximum absolute atomic E-state index is 4.67. The van der Waals surface area contributed by atoms with Crippen LogP contribution in [0.2, 0.25) is 0 Å². The van der Waals surface area contributed by atoms with Crippen molar-refractivity contribution in [1.82, 2.24) is 0 Å². The first-order chi connectivity index (χ1) is 3.35. The Morgan fingerprint density at radius 1 is 0.857 bits per heavy atom. The molecule has 0 radical (unpaired) electrons. The molecule has 0 N–H and O–H groups in total. The van der Waals surface area contributed by atoms with Crippen molar-refractivity contribution >= 4 is 8.60 Å². The van der Waals surface area contributed by atoms with Gasteiger partial charge in [0, 0.05) is 21.3 Å². The van der Waals surface area contributed by atoms with Gasteiger partial charge in [0.2, 0.25) is 0 Å². The van der Waals surface area contributed by atoms with E-state index in [9.17, 15) is 0 Å². The van der Waals surface area contributed by atoms with Crippen molar-refractivity contribution in [1.29, 1.82) is 0 Å². The molecular weight excluding hydrogens is 118 g/mol. The quantitative estimate of drug-likeness (QED) is 0.532. The summed E-state index contributed by atoms with van der Waals surface area (Å²) in [6.45, 7) is 0. The minimum Gasteiger partial charge on any atom is -0.316 e. The molecule has 7 heavy (non-hydrogen) atoms. The minimum absolute atomic E-state index is 1.05. The molecule has 0 bridgehead atoms. The lowest BCUT2D eigenvalue weighted by molar-refractivity contribution is 0.239. The lowest BCUT2D eigenvalue weighted by Gasteiger charge is -2.05. The summed E-state index contributed by atoms with van der Waals surface area (Å²) in [5, 5.41) is 0. The van der Waals surface area contributed by atoms with Gasteiger partial charge in [-0.05, 0) is 0 Å². The summed E-state index contributed by atoms with van der Waals surface area (Å²) in [4.78, 5) is 0. The zero-order chi connectivity index (χ0) is 5.70. The van der Waals surface area contributed by atoms with Crippen LogP contribution in [0.1, 0.15) is 0 Å². The molecule has 0 saturated carbocycles. The van der Waals surface area contributed by atoms with Crippen LogP contribution in [0.15, 0.2) is 0 Å². The molecule has 0 amide bonds. The molecule has 0 rings (SSSR count). The van der Waals surface area contributed by atoms with Crippen LogP contribution in [0.5, 0.6) is 0 Å². The monoisotopic (exact) mass is 127 g/mol. The molecule has 0 aromatic heterocycles. The highest BCUT2D eigenvalue weighted by Crippen LogP contribution is 2.35. The highest BCUT2D eigenvalue weighted by Gasteiger charge is 2.00. The van der Waals surface area contributed by atoms with E-state index in [-0.39, 0.29) is 0 Å². The van der Waals surface area contributed by atoms with E-state index in [1.54, 1.807) is 21.3 Å². The van der Waals surface area contributed by atoms with Gasteiger partial charge >= 0.3 is 8.60 Å². The van der Waals surface area contributed by atoms with Gasteiger partial charge in [0.1, 0.15) is 0 Å². The van der Waals surface area contributed by atoms with Crippen LogP contribution in [0, 0.1) is 0 Å². The predicted molar refractivity (Wildman–Crippen MR) is 27.9 cm³/mol. The van der Waals surface area contributed by atoms with E-state index in [0.29, 0.717) is 0 Å². The van der Waals surface area contributed by atoms with Gasteiger partial charge in [0.15, 0.2) is 0 Å². The normalized spacial score (nSPS) is 10.3. The highest BCUT2D eigenvalue weighted by atomic mass is 31.2. The summed E-state index contributed by atoms with van der Waals surface area (Å²) in [7, 11) is 3.57. The van der Waals surface area contributed by atoms with Crippen molar-refractivity contribution in [3.63, 3.8) is 0 Å². The van der Waals surface area contributed by atoms with Crippen LogP contribution >= 0.6 is 8.60 Å². The molecule has 0 aliphatic heterocycles. The molecule has 0 fully saturated rings. The highest BCUT2D eigenvalue weighted by molar-refractivity contribution is 7.41. The molecule has 3 nitrogen and oxygen atoms in total. The molecule has 0 heterocycles. The second-order valence-corrected chi connectivity index (χ2v) is 2.31. The summed E-state index contributed by atoms with van der Waals surface area (Å²) < 4.78 is 14.0. The molecule has 4 heteroatoms. The third-order valence-electron chi connectivity index (χ3n) is 0.447. The fraction of sp³-hybridized carbons (Fsp3) is 1.00. The first-order valence-electron chi connectivity index (χ1n) is 1.77. The minimum atomic E-state index is -1.05. The van der Waals surface area contributed by atoms with Gasteiger partial charge in [-0.2, -0.15) is 0 Å². The molecular formula is C3H9O3P. The van der Waals surface area contributed by atoms with E-state index in [1.165, 1.54) is 0 Å². The molecule has 0 aliphatic rings. The van der Waals surface area contributed by atoms with Gasteiger partial charge in [-0.1, -0.05) is 0 Å². The lowest BCUT2D eigenvalue weighted by atomic mass is 11.8.